The van der Waals surface area contributed by atoms with Gasteiger partial charge in [-0.05, 0) is 30.5 Å². The number of phenols is 1. The molecular weight excluding hydrogens is 192 g/mol. The number of nitrogens with two attached hydrogens (primary N) is 1. The van der Waals surface area contributed by atoms with Gasteiger partial charge >= 0.3 is 0 Å². The number of benzene rings is 1. The van der Waals surface area contributed by atoms with Crippen molar-refractivity contribution in [2.75, 3.05) is 18.9 Å². The van der Waals surface area contributed by atoms with E-state index in [4.69, 9.17) is 10.6 Å². The number of nitrogen functional groups attached to an aromatic ring is 1. The topological polar surface area (TPSA) is 58.7 Å². The molecule has 1 aliphatic heterocycles. The van der Waals surface area contributed by atoms with Gasteiger partial charge in [-0.15, -0.1) is 0 Å². The summed E-state index contributed by atoms with van der Waals surface area (Å²) in [6.07, 6.45) is 2.31. The molecule has 1 saturated heterocycles. The zero-order valence-electron chi connectivity index (χ0n) is 8.65. The maximum absolute atomic E-state index is 9.28. The molecule has 2 rings (SSSR count). The second kappa shape index (κ2) is 4.51. The van der Waals surface area contributed by atoms with Gasteiger partial charge in [0.2, 0.25) is 0 Å². The average Bonchev–Trinajstić information content (AvgIpc) is 2.25. The van der Waals surface area contributed by atoms with Crippen molar-refractivity contribution >= 4 is 5.69 Å². The summed E-state index contributed by atoms with van der Waals surface area (Å²) < 4.78 is 0. The lowest BCUT2D eigenvalue weighted by Crippen LogP contribution is -2.29. The quantitative estimate of drug-likeness (QED) is 0.571. The highest BCUT2D eigenvalue weighted by molar-refractivity contribution is 5.53. The summed E-state index contributed by atoms with van der Waals surface area (Å²) in [7, 11) is 0. The molecule has 0 atom stereocenters. The van der Waals surface area contributed by atoms with Gasteiger partial charge in [0.25, 0.3) is 0 Å². The standard InChI is InChI=1S/C11H16N2O2/c12-10-7-9(3-4-11(10)14)8-13-5-1-2-6-15-13/h3-4,7,14H,1-2,5-6,8,12H2. The van der Waals surface area contributed by atoms with Crippen molar-refractivity contribution in [2.24, 2.45) is 0 Å². The molecule has 82 valence electrons. The Morgan fingerprint density at radius 2 is 2.27 bits per heavy atom. The highest BCUT2D eigenvalue weighted by Gasteiger charge is 2.11. The monoisotopic (exact) mass is 208 g/mol. The number of anilines is 1. The summed E-state index contributed by atoms with van der Waals surface area (Å²) in [5, 5.41) is 11.2. The van der Waals surface area contributed by atoms with Crippen molar-refractivity contribution in [1.82, 2.24) is 5.06 Å². The van der Waals surface area contributed by atoms with Gasteiger partial charge in [0.15, 0.2) is 0 Å². The molecule has 1 heterocycles. The molecule has 1 aromatic rings. The second-order valence-electron chi connectivity index (χ2n) is 3.80. The van der Waals surface area contributed by atoms with Crippen LogP contribution >= 0.6 is 0 Å². The minimum absolute atomic E-state index is 0.137. The van der Waals surface area contributed by atoms with Crippen molar-refractivity contribution in [1.29, 1.82) is 0 Å². The van der Waals surface area contributed by atoms with E-state index in [0.717, 1.165) is 31.7 Å². The van der Waals surface area contributed by atoms with Crippen molar-refractivity contribution in [2.45, 2.75) is 19.4 Å². The van der Waals surface area contributed by atoms with E-state index in [2.05, 4.69) is 0 Å². The Labute approximate surface area is 89.2 Å². The summed E-state index contributed by atoms with van der Waals surface area (Å²) in [5.74, 6) is 0.137. The van der Waals surface area contributed by atoms with Gasteiger partial charge < -0.3 is 10.8 Å². The van der Waals surface area contributed by atoms with Gasteiger partial charge in [-0.2, -0.15) is 5.06 Å². The maximum atomic E-state index is 9.28. The lowest BCUT2D eigenvalue weighted by Gasteiger charge is -2.26. The molecule has 1 fully saturated rings. The lowest BCUT2D eigenvalue weighted by atomic mass is 10.2. The minimum Gasteiger partial charge on any atom is -0.506 e. The normalized spacial score (nSPS) is 17.9. The molecule has 4 nitrogen and oxygen atoms in total. The summed E-state index contributed by atoms with van der Waals surface area (Å²) in [4.78, 5) is 5.48. The second-order valence-corrected chi connectivity index (χ2v) is 3.80. The van der Waals surface area contributed by atoms with Crippen LogP contribution < -0.4 is 5.73 Å². The third-order valence-electron chi connectivity index (χ3n) is 2.53. The number of aromatic hydroxyl groups is 1. The molecule has 15 heavy (non-hydrogen) atoms. The van der Waals surface area contributed by atoms with E-state index >= 15 is 0 Å². The molecule has 0 radical (unpaired) electrons. The highest BCUT2D eigenvalue weighted by atomic mass is 16.7. The van der Waals surface area contributed by atoms with E-state index in [1.807, 2.05) is 11.1 Å². The van der Waals surface area contributed by atoms with E-state index in [0.29, 0.717) is 5.69 Å². The summed E-state index contributed by atoms with van der Waals surface area (Å²) in [5.41, 5.74) is 7.10. The summed E-state index contributed by atoms with van der Waals surface area (Å²) >= 11 is 0. The Morgan fingerprint density at radius 1 is 1.40 bits per heavy atom. The zero-order chi connectivity index (χ0) is 10.7. The molecule has 0 spiro atoms. The van der Waals surface area contributed by atoms with Gasteiger partial charge in [0.05, 0.1) is 12.3 Å². The Balaban J connectivity index is 2.00. The molecule has 1 aromatic carbocycles. The fourth-order valence-corrected chi connectivity index (χ4v) is 1.68. The summed E-state index contributed by atoms with van der Waals surface area (Å²) in [6.45, 7) is 2.48. The first-order valence-electron chi connectivity index (χ1n) is 5.21. The highest BCUT2D eigenvalue weighted by Crippen LogP contribution is 2.21. The third-order valence-corrected chi connectivity index (χ3v) is 2.53. The van der Waals surface area contributed by atoms with Gasteiger partial charge in [0, 0.05) is 13.1 Å². The lowest BCUT2D eigenvalue weighted by molar-refractivity contribution is -0.187. The first-order valence-corrected chi connectivity index (χ1v) is 5.21. The van der Waals surface area contributed by atoms with E-state index in [9.17, 15) is 5.11 Å². The number of hydrogen-bond acceptors (Lipinski definition) is 4. The van der Waals surface area contributed by atoms with Crippen LogP contribution in [0.15, 0.2) is 18.2 Å². The van der Waals surface area contributed by atoms with Crippen molar-refractivity contribution < 1.29 is 9.94 Å². The smallest absolute Gasteiger partial charge is 0.138 e. The molecular formula is C11H16N2O2. The van der Waals surface area contributed by atoms with Gasteiger partial charge in [-0.3, -0.25) is 4.84 Å². The molecule has 4 heteroatoms. The number of hydroxylamine groups is 2. The Bertz CT molecular complexity index is 335. The molecule has 0 saturated carbocycles. The van der Waals surface area contributed by atoms with Gasteiger partial charge in [0.1, 0.15) is 5.75 Å². The largest absolute Gasteiger partial charge is 0.506 e. The number of phenolic OH excluding ortho intramolecular Hbond substituents is 1. The number of hydrogen-bond donors (Lipinski definition) is 2. The molecule has 0 aliphatic carbocycles. The molecule has 3 N–H and O–H groups in total. The van der Waals surface area contributed by atoms with Crippen molar-refractivity contribution in [3.05, 3.63) is 23.8 Å². The zero-order valence-corrected chi connectivity index (χ0v) is 8.65. The predicted molar refractivity (Wildman–Crippen MR) is 58.1 cm³/mol. The van der Waals surface area contributed by atoms with E-state index in [-0.39, 0.29) is 5.75 Å². The fourth-order valence-electron chi connectivity index (χ4n) is 1.68. The molecule has 0 aromatic heterocycles. The predicted octanol–water partition coefficient (Wildman–Crippen LogP) is 1.50. The Hall–Kier alpha value is -1.26. The van der Waals surface area contributed by atoms with Crippen LogP contribution in [0.2, 0.25) is 0 Å². The Kier molecular flexibility index (Phi) is 3.08. The first-order chi connectivity index (χ1) is 7.25. The van der Waals surface area contributed by atoms with E-state index in [1.54, 1.807) is 12.1 Å². The van der Waals surface area contributed by atoms with Gasteiger partial charge in [-0.1, -0.05) is 6.07 Å². The van der Waals surface area contributed by atoms with Crippen LogP contribution in [0.25, 0.3) is 0 Å². The van der Waals surface area contributed by atoms with Crippen LogP contribution in [0.4, 0.5) is 5.69 Å². The molecule has 0 bridgehead atoms. The molecule has 1 aliphatic rings. The fraction of sp³-hybridized carbons (Fsp3) is 0.455. The molecule has 0 amide bonds. The summed E-state index contributed by atoms with van der Waals surface area (Å²) in [6, 6.07) is 5.27. The third kappa shape index (κ3) is 2.61. The van der Waals surface area contributed by atoms with Crippen LogP contribution in [0, 0.1) is 0 Å². The van der Waals surface area contributed by atoms with Crippen LogP contribution in [-0.2, 0) is 11.4 Å². The van der Waals surface area contributed by atoms with E-state index in [1.165, 1.54) is 6.42 Å². The van der Waals surface area contributed by atoms with Gasteiger partial charge in [-0.25, -0.2) is 0 Å². The van der Waals surface area contributed by atoms with E-state index < -0.39 is 0 Å². The van der Waals surface area contributed by atoms with Crippen LogP contribution in [-0.4, -0.2) is 23.3 Å². The van der Waals surface area contributed by atoms with Crippen LogP contribution in [0.1, 0.15) is 18.4 Å². The number of rotatable bonds is 2. The van der Waals surface area contributed by atoms with Crippen molar-refractivity contribution in [3.8, 4) is 5.75 Å². The number of nitrogens with zero attached hydrogens (tertiary/aromatic N) is 1. The SMILES string of the molecule is Nc1cc(CN2CCCCO2)ccc1O. The minimum atomic E-state index is 0.137. The average molecular weight is 208 g/mol. The first kappa shape index (κ1) is 10.3. The van der Waals surface area contributed by atoms with Crippen molar-refractivity contribution in [3.63, 3.8) is 0 Å². The maximum Gasteiger partial charge on any atom is 0.138 e. The Morgan fingerprint density at radius 3 is 2.93 bits per heavy atom. The molecule has 0 unspecified atom stereocenters. The van der Waals surface area contributed by atoms with Crippen LogP contribution in [0.5, 0.6) is 5.75 Å². The van der Waals surface area contributed by atoms with Crippen LogP contribution in [0.3, 0.4) is 0 Å².